The third kappa shape index (κ3) is 1.97. The summed E-state index contributed by atoms with van der Waals surface area (Å²) < 4.78 is 3.20. The van der Waals surface area contributed by atoms with E-state index in [2.05, 4.69) is 25.8 Å². The highest BCUT2D eigenvalue weighted by Gasteiger charge is 2.55. The number of amides is 1. The summed E-state index contributed by atoms with van der Waals surface area (Å²) in [6, 6.07) is 1.99. The van der Waals surface area contributed by atoms with Crippen LogP contribution in [0.5, 0.6) is 0 Å². The van der Waals surface area contributed by atoms with Crippen LogP contribution in [0.4, 0.5) is 4.79 Å². The van der Waals surface area contributed by atoms with Crippen molar-refractivity contribution in [3.8, 4) is 0 Å². The van der Waals surface area contributed by atoms with E-state index in [0.29, 0.717) is 19.3 Å². The van der Waals surface area contributed by atoms with Crippen LogP contribution in [-0.2, 0) is 5.54 Å². The van der Waals surface area contributed by atoms with Gasteiger partial charge in [0.25, 0.3) is 0 Å². The molecule has 0 radical (unpaired) electrons. The van der Waals surface area contributed by atoms with Crippen molar-refractivity contribution in [2.75, 3.05) is 0 Å². The van der Waals surface area contributed by atoms with Crippen LogP contribution in [-0.4, -0.2) is 32.5 Å². The molecule has 1 atom stereocenters. The smallest absolute Gasteiger partial charge is 0.405 e. The molecule has 4 rings (SSSR count). The molecule has 6 heteroatoms. The second kappa shape index (κ2) is 4.24. The summed E-state index contributed by atoms with van der Waals surface area (Å²) in [5, 5.41) is 21.9. The average Bonchev–Trinajstić information content (AvgIpc) is 2.78. The summed E-state index contributed by atoms with van der Waals surface area (Å²) in [6.45, 7) is 0. The minimum absolute atomic E-state index is 0.0621. The highest BCUT2D eigenvalue weighted by molar-refractivity contribution is 9.10. The molecular weight excluding hydrogens is 312 g/mol. The van der Waals surface area contributed by atoms with E-state index in [-0.39, 0.29) is 5.54 Å². The molecule has 1 amide bonds. The summed E-state index contributed by atoms with van der Waals surface area (Å²) in [5.41, 5.74) is -0.703. The van der Waals surface area contributed by atoms with Crippen molar-refractivity contribution in [2.45, 2.75) is 49.3 Å². The van der Waals surface area contributed by atoms with Gasteiger partial charge < -0.3 is 20.1 Å². The van der Waals surface area contributed by atoms with E-state index in [1.54, 1.807) is 0 Å². The van der Waals surface area contributed by atoms with Crippen molar-refractivity contribution in [2.24, 2.45) is 0 Å². The van der Waals surface area contributed by atoms with E-state index in [4.69, 9.17) is 5.11 Å². The molecule has 2 bridgehead atoms. The number of hydrogen-bond donors (Lipinski definition) is 3. The van der Waals surface area contributed by atoms with E-state index in [0.717, 1.165) is 17.3 Å². The van der Waals surface area contributed by atoms with Crippen LogP contribution in [0.1, 0.15) is 32.1 Å². The quantitative estimate of drug-likeness (QED) is 0.779. The number of nitrogens with one attached hydrogen (secondary N) is 1. The molecule has 19 heavy (non-hydrogen) atoms. The van der Waals surface area contributed by atoms with Crippen molar-refractivity contribution < 1.29 is 15.0 Å². The molecule has 3 saturated carbocycles. The maximum absolute atomic E-state index is 10.9. The first kappa shape index (κ1) is 13.0. The Morgan fingerprint density at radius 2 is 2.11 bits per heavy atom. The normalized spacial score (nSPS) is 37.3. The van der Waals surface area contributed by atoms with Crippen LogP contribution in [0.25, 0.3) is 0 Å². The van der Waals surface area contributed by atoms with Gasteiger partial charge in [0.2, 0.25) is 0 Å². The van der Waals surface area contributed by atoms with E-state index in [1.165, 1.54) is 0 Å². The Hall–Kier alpha value is -1.01. The highest BCUT2D eigenvalue weighted by atomic mass is 79.9. The number of aliphatic hydroxyl groups is 1. The van der Waals surface area contributed by atoms with Gasteiger partial charge in [-0.2, -0.15) is 0 Å². The molecule has 3 aliphatic rings. The van der Waals surface area contributed by atoms with Gasteiger partial charge in [-0.15, -0.1) is 0 Å². The summed E-state index contributed by atoms with van der Waals surface area (Å²) in [4.78, 5) is 10.9. The Morgan fingerprint density at radius 1 is 1.42 bits per heavy atom. The molecule has 0 saturated heterocycles. The standard InChI is InChI=1S/C13H17BrN2O3/c14-9-1-6-16(8-9)12-2-4-13(5-3-12,10(17)7-12)15-11(18)19/h1,6,8,10,15,17H,2-5,7H2,(H,18,19). The van der Waals surface area contributed by atoms with E-state index < -0.39 is 17.7 Å². The number of aliphatic hydroxyl groups excluding tert-OH is 1. The predicted molar refractivity (Wildman–Crippen MR) is 73.1 cm³/mol. The van der Waals surface area contributed by atoms with Crippen LogP contribution >= 0.6 is 15.9 Å². The van der Waals surface area contributed by atoms with Crippen LogP contribution in [0, 0.1) is 0 Å². The van der Waals surface area contributed by atoms with Crippen LogP contribution < -0.4 is 5.32 Å². The van der Waals surface area contributed by atoms with Crippen LogP contribution in [0.2, 0.25) is 0 Å². The molecule has 104 valence electrons. The fraction of sp³-hybridized carbons (Fsp3) is 0.615. The molecule has 1 aromatic heterocycles. The van der Waals surface area contributed by atoms with E-state index in [9.17, 15) is 9.90 Å². The summed E-state index contributed by atoms with van der Waals surface area (Å²) >= 11 is 3.45. The van der Waals surface area contributed by atoms with Gasteiger partial charge in [-0.05, 0) is 54.1 Å². The largest absolute Gasteiger partial charge is 0.465 e. The van der Waals surface area contributed by atoms with Gasteiger partial charge in [-0.1, -0.05) is 0 Å². The lowest BCUT2D eigenvalue weighted by Gasteiger charge is -2.56. The van der Waals surface area contributed by atoms with E-state index in [1.807, 2.05) is 18.5 Å². The fourth-order valence-corrected chi connectivity index (χ4v) is 4.04. The number of nitrogens with zero attached hydrogens (tertiary/aromatic N) is 1. The third-order valence-corrected chi connectivity index (χ3v) is 5.31. The molecule has 3 aliphatic carbocycles. The molecule has 3 N–H and O–H groups in total. The number of rotatable bonds is 2. The lowest BCUT2D eigenvalue weighted by molar-refractivity contribution is -0.0745. The minimum Gasteiger partial charge on any atom is -0.465 e. The van der Waals surface area contributed by atoms with Crippen LogP contribution in [0.3, 0.4) is 0 Å². The first-order valence-electron chi connectivity index (χ1n) is 6.49. The molecule has 5 nitrogen and oxygen atoms in total. The van der Waals surface area contributed by atoms with Gasteiger partial charge in [0, 0.05) is 22.4 Å². The molecule has 0 aromatic carbocycles. The molecule has 3 fully saturated rings. The van der Waals surface area contributed by atoms with Crippen molar-refractivity contribution in [1.29, 1.82) is 0 Å². The topological polar surface area (TPSA) is 74.5 Å². The molecule has 1 heterocycles. The number of carbonyl (C=O) groups is 1. The number of carboxylic acid groups (broad SMARTS) is 1. The Morgan fingerprint density at radius 3 is 2.58 bits per heavy atom. The first-order chi connectivity index (χ1) is 8.96. The van der Waals surface area contributed by atoms with Crippen molar-refractivity contribution in [3.63, 3.8) is 0 Å². The number of halogens is 1. The average molecular weight is 329 g/mol. The Kier molecular flexibility index (Phi) is 2.90. The number of aromatic nitrogens is 1. The van der Waals surface area contributed by atoms with E-state index >= 15 is 0 Å². The number of fused-ring (bicyclic) bond motifs is 3. The zero-order chi connectivity index (χ0) is 13.7. The van der Waals surface area contributed by atoms with Gasteiger partial charge in [-0.25, -0.2) is 4.79 Å². The fourth-order valence-electron chi connectivity index (χ4n) is 3.70. The number of hydrogen-bond acceptors (Lipinski definition) is 2. The van der Waals surface area contributed by atoms with Gasteiger partial charge in [0.05, 0.1) is 11.6 Å². The van der Waals surface area contributed by atoms with Gasteiger partial charge >= 0.3 is 6.09 Å². The first-order valence-corrected chi connectivity index (χ1v) is 7.28. The van der Waals surface area contributed by atoms with Crippen molar-refractivity contribution in [1.82, 2.24) is 9.88 Å². The Bertz CT molecular complexity index is 506. The summed E-state index contributed by atoms with van der Waals surface area (Å²) in [7, 11) is 0. The lowest BCUT2D eigenvalue weighted by atomic mass is 9.60. The van der Waals surface area contributed by atoms with Gasteiger partial charge in [-0.3, -0.25) is 0 Å². The second-order valence-corrected chi connectivity index (χ2v) is 6.68. The molecule has 0 aliphatic heterocycles. The molecule has 0 spiro atoms. The minimum atomic E-state index is -1.04. The SMILES string of the molecule is O=C(O)NC12CCC(n3ccc(Br)c3)(CC1)CC2O. The Labute approximate surface area is 119 Å². The zero-order valence-corrected chi connectivity index (χ0v) is 12.1. The maximum atomic E-state index is 10.9. The zero-order valence-electron chi connectivity index (χ0n) is 10.5. The predicted octanol–water partition coefficient (Wildman–Crippen LogP) is 2.29. The third-order valence-electron chi connectivity index (χ3n) is 4.84. The monoisotopic (exact) mass is 328 g/mol. The maximum Gasteiger partial charge on any atom is 0.405 e. The van der Waals surface area contributed by atoms with Crippen molar-refractivity contribution in [3.05, 3.63) is 22.9 Å². The highest BCUT2D eigenvalue weighted by Crippen LogP contribution is 2.51. The van der Waals surface area contributed by atoms with Gasteiger partial charge in [0.1, 0.15) is 0 Å². The summed E-state index contributed by atoms with van der Waals surface area (Å²) in [5.74, 6) is 0. The summed E-state index contributed by atoms with van der Waals surface area (Å²) in [6.07, 6.45) is 6.18. The second-order valence-electron chi connectivity index (χ2n) is 5.77. The lowest BCUT2D eigenvalue weighted by Crippen LogP contribution is -2.66. The van der Waals surface area contributed by atoms with Crippen LogP contribution in [0.15, 0.2) is 22.9 Å². The van der Waals surface area contributed by atoms with Crippen molar-refractivity contribution >= 4 is 22.0 Å². The Balaban J connectivity index is 1.87. The molecule has 1 aromatic rings. The van der Waals surface area contributed by atoms with Gasteiger partial charge in [0.15, 0.2) is 0 Å². The molecule has 1 unspecified atom stereocenters. The molecular formula is C13H17BrN2O3.